The van der Waals surface area contributed by atoms with Crippen molar-refractivity contribution in [2.24, 2.45) is 5.92 Å². The Kier molecular flexibility index (Phi) is 5.77. The number of nitrogens with one attached hydrogen (secondary N) is 1. The molecule has 96 valence electrons. The molecule has 2 nitrogen and oxygen atoms in total. The van der Waals surface area contributed by atoms with Crippen LogP contribution in [0.5, 0.6) is 0 Å². The fourth-order valence-electron chi connectivity index (χ4n) is 3.01. The molecule has 1 rings (SSSR count). The first-order valence-corrected chi connectivity index (χ1v) is 7.00. The molecule has 0 aromatic heterocycles. The summed E-state index contributed by atoms with van der Waals surface area (Å²) in [5.41, 5.74) is 0.410. The third-order valence-electron chi connectivity index (χ3n) is 3.98. The highest BCUT2D eigenvalue weighted by molar-refractivity contribution is 4.89. The molecule has 2 heteroatoms. The maximum atomic E-state index is 3.32. The van der Waals surface area contributed by atoms with Crippen molar-refractivity contribution in [3.63, 3.8) is 0 Å². The van der Waals surface area contributed by atoms with E-state index >= 15 is 0 Å². The summed E-state index contributed by atoms with van der Waals surface area (Å²) in [6.45, 7) is 10.9. The maximum absolute atomic E-state index is 3.32. The van der Waals surface area contributed by atoms with E-state index in [9.17, 15) is 0 Å². The van der Waals surface area contributed by atoms with Crippen LogP contribution in [0, 0.1) is 5.92 Å². The Balaban J connectivity index is 2.37. The van der Waals surface area contributed by atoms with Crippen molar-refractivity contribution in [3.05, 3.63) is 0 Å². The van der Waals surface area contributed by atoms with Crippen LogP contribution in [0.3, 0.4) is 0 Å². The first-order chi connectivity index (χ1) is 7.60. The molecule has 1 aliphatic rings. The van der Waals surface area contributed by atoms with Gasteiger partial charge in [-0.25, -0.2) is 0 Å². The Morgan fingerprint density at radius 1 is 1.31 bits per heavy atom. The molecule has 0 bridgehead atoms. The van der Waals surface area contributed by atoms with Gasteiger partial charge in [-0.15, -0.1) is 0 Å². The zero-order valence-electron chi connectivity index (χ0n) is 11.7. The molecule has 0 aromatic carbocycles. The summed E-state index contributed by atoms with van der Waals surface area (Å²) in [4.78, 5) is 2.70. The molecule has 1 atom stereocenters. The van der Waals surface area contributed by atoms with Crippen LogP contribution in [0.2, 0.25) is 0 Å². The average molecular weight is 226 g/mol. The lowest BCUT2D eigenvalue weighted by Gasteiger charge is -2.46. The van der Waals surface area contributed by atoms with Gasteiger partial charge in [-0.1, -0.05) is 19.8 Å². The molecule has 16 heavy (non-hydrogen) atoms. The number of hydrogen-bond acceptors (Lipinski definition) is 2. The zero-order chi connectivity index (χ0) is 12.0. The van der Waals surface area contributed by atoms with Crippen molar-refractivity contribution in [1.82, 2.24) is 10.2 Å². The summed E-state index contributed by atoms with van der Waals surface area (Å²) < 4.78 is 0. The molecule has 0 amide bonds. The van der Waals surface area contributed by atoms with Crippen LogP contribution < -0.4 is 5.32 Å². The number of hydrogen-bond donors (Lipinski definition) is 1. The number of piperidine rings is 1. The predicted octanol–water partition coefficient (Wildman–Crippen LogP) is 2.89. The van der Waals surface area contributed by atoms with Gasteiger partial charge >= 0.3 is 0 Å². The van der Waals surface area contributed by atoms with E-state index < -0.39 is 0 Å². The normalized spacial score (nSPS) is 25.9. The third-order valence-corrected chi connectivity index (χ3v) is 3.98. The van der Waals surface area contributed by atoms with E-state index in [-0.39, 0.29) is 0 Å². The van der Waals surface area contributed by atoms with Gasteiger partial charge < -0.3 is 5.32 Å². The Bertz CT molecular complexity index is 189. The molecule has 0 saturated carbocycles. The minimum atomic E-state index is 0.410. The molecule has 1 saturated heterocycles. The Morgan fingerprint density at radius 3 is 2.62 bits per heavy atom. The van der Waals surface area contributed by atoms with Crippen molar-refractivity contribution in [1.29, 1.82) is 0 Å². The standard InChI is InChI=1S/C14H30N2/c1-5-6-7-9-16-10-8-13(12-15-4)11-14(16,2)3/h13,15H,5-12H2,1-4H3. The van der Waals surface area contributed by atoms with E-state index in [0.29, 0.717) is 5.54 Å². The lowest BCUT2D eigenvalue weighted by molar-refractivity contribution is 0.0457. The summed E-state index contributed by atoms with van der Waals surface area (Å²) in [5, 5.41) is 3.32. The van der Waals surface area contributed by atoms with Crippen LogP contribution >= 0.6 is 0 Å². The highest BCUT2D eigenvalue weighted by atomic mass is 15.2. The van der Waals surface area contributed by atoms with E-state index in [1.807, 2.05) is 0 Å². The summed E-state index contributed by atoms with van der Waals surface area (Å²) >= 11 is 0. The first-order valence-electron chi connectivity index (χ1n) is 7.00. The molecule has 0 spiro atoms. The van der Waals surface area contributed by atoms with E-state index in [0.717, 1.165) is 5.92 Å². The largest absolute Gasteiger partial charge is 0.319 e. The lowest BCUT2D eigenvalue weighted by atomic mass is 9.82. The summed E-state index contributed by atoms with van der Waals surface area (Å²) in [7, 11) is 2.07. The molecular formula is C14H30N2. The number of nitrogens with zero attached hydrogens (tertiary/aromatic N) is 1. The second kappa shape index (κ2) is 6.61. The lowest BCUT2D eigenvalue weighted by Crippen LogP contribution is -2.51. The summed E-state index contributed by atoms with van der Waals surface area (Å²) in [5.74, 6) is 0.877. The van der Waals surface area contributed by atoms with Crippen LogP contribution in [0.25, 0.3) is 0 Å². The smallest absolute Gasteiger partial charge is 0.0156 e. The highest BCUT2D eigenvalue weighted by Gasteiger charge is 2.33. The minimum Gasteiger partial charge on any atom is -0.319 e. The van der Waals surface area contributed by atoms with E-state index in [1.54, 1.807) is 0 Å². The van der Waals surface area contributed by atoms with E-state index in [2.05, 4.69) is 38.0 Å². The molecular weight excluding hydrogens is 196 g/mol. The Labute approximate surface area is 102 Å². The quantitative estimate of drug-likeness (QED) is 0.701. The molecule has 0 radical (unpaired) electrons. The van der Waals surface area contributed by atoms with Gasteiger partial charge in [-0.2, -0.15) is 0 Å². The van der Waals surface area contributed by atoms with Gasteiger partial charge in [0.1, 0.15) is 0 Å². The van der Waals surface area contributed by atoms with Gasteiger partial charge in [-0.3, -0.25) is 4.90 Å². The van der Waals surface area contributed by atoms with Gasteiger partial charge in [0.2, 0.25) is 0 Å². The molecule has 1 aliphatic heterocycles. The van der Waals surface area contributed by atoms with Crippen LogP contribution in [0.15, 0.2) is 0 Å². The Hall–Kier alpha value is -0.0800. The highest BCUT2D eigenvalue weighted by Crippen LogP contribution is 2.31. The monoisotopic (exact) mass is 226 g/mol. The maximum Gasteiger partial charge on any atom is 0.0156 e. The molecule has 1 N–H and O–H groups in total. The minimum absolute atomic E-state index is 0.410. The fourth-order valence-corrected chi connectivity index (χ4v) is 3.01. The van der Waals surface area contributed by atoms with Crippen molar-refractivity contribution in [2.45, 2.75) is 58.4 Å². The third kappa shape index (κ3) is 4.06. The SMILES string of the molecule is CCCCCN1CCC(CNC)CC1(C)C. The predicted molar refractivity (Wildman–Crippen MR) is 71.8 cm³/mol. The van der Waals surface area contributed by atoms with Crippen LogP contribution in [0.4, 0.5) is 0 Å². The number of unbranched alkanes of at least 4 members (excludes halogenated alkanes) is 2. The second-order valence-corrected chi connectivity index (χ2v) is 5.92. The average Bonchev–Trinajstić information content (AvgIpc) is 2.21. The number of likely N-dealkylation sites (tertiary alicyclic amines) is 1. The van der Waals surface area contributed by atoms with Crippen molar-refractivity contribution in [3.8, 4) is 0 Å². The van der Waals surface area contributed by atoms with Crippen LogP contribution in [-0.2, 0) is 0 Å². The summed E-state index contributed by atoms with van der Waals surface area (Å²) in [6, 6.07) is 0. The van der Waals surface area contributed by atoms with Crippen LogP contribution in [0.1, 0.15) is 52.9 Å². The van der Waals surface area contributed by atoms with Gasteiger partial charge in [0.25, 0.3) is 0 Å². The van der Waals surface area contributed by atoms with E-state index in [1.165, 1.54) is 51.7 Å². The van der Waals surface area contributed by atoms with Gasteiger partial charge in [0.15, 0.2) is 0 Å². The molecule has 1 heterocycles. The molecule has 0 aliphatic carbocycles. The summed E-state index contributed by atoms with van der Waals surface area (Å²) in [6.07, 6.45) is 6.80. The van der Waals surface area contributed by atoms with Crippen molar-refractivity contribution in [2.75, 3.05) is 26.7 Å². The molecule has 1 unspecified atom stereocenters. The van der Waals surface area contributed by atoms with Crippen molar-refractivity contribution >= 4 is 0 Å². The van der Waals surface area contributed by atoms with Crippen LogP contribution in [-0.4, -0.2) is 37.1 Å². The Morgan fingerprint density at radius 2 is 2.06 bits per heavy atom. The topological polar surface area (TPSA) is 15.3 Å². The van der Waals surface area contributed by atoms with Gasteiger partial charge in [0, 0.05) is 5.54 Å². The van der Waals surface area contributed by atoms with E-state index in [4.69, 9.17) is 0 Å². The molecule has 1 fully saturated rings. The number of rotatable bonds is 6. The first kappa shape index (κ1) is 14.0. The molecule has 0 aromatic rings. The second-order valence-electron chi connectivity index (χ2n) is 5.92. The zero-order valence-corrected chi connectivity index (χ0v) is 11.7. The van der Waals surface area contributed by atoms with Gasteiger partial charge in [-0.05, 0) is 65.7 Å². The fraction of sp³-hybridized carbons (Fsp3) is 1.00. The van der Waals surface area contributed by atoms with Gasteiger partial charge in [0.05, 0.1) is 0 Å². The van der Waals surface area contributed by atoms with Crippen molar-refractivity contribution < 1.29 is 0 Å².